The Morgan fingerprint density at radius 1 is 1.29 bits per heavy atom. The summed E-state index contributed by atoms with van der Waals surface area (Å²) in [7, 11) is 0. The Kier molecular flexibility index (Phi) is 5.96. The molecule has 0 bridgehead atoms. The molecule has 2 nitrogen and oxygen atoms in total. The van der Waals surface area contributed by atoms with E-state index in [1.165, 1.54) is 17.8 Å². The molecule has 118 valence electrons. The summed E-state index contributed by atoms with van der Waals surface area (Å²) in [5.41, 5.74) is -0.221. The molecule has 1 aromatic rings. The van der Waals surface area contributed by atoms with Gasteiger partial charge in [-0.05, 0) is 37.1 Å². The number of rotatable bonds is 5. The number of ether oxygens (including phenoxy) is 1. The zero-order valence-corrected chi connectivity index (χ0v) is 12.8. The largest absolute Gasteiger partial charge is 0.416 e. The van der Waals surface area contributed by atoms with Crippen molar-refractivity contribution in [1.29, 1.82) is 0 Å². The number of hydrogen-bond donors (Lipinski definition) is 1. The number of halogens is 3. The highest BCUT2D eigenvalue weighted by Crippen LogP contribution is 2.37. The highest BCUT2D eigenvalue weighted by molar-refractivity contribution is 8.00. The van der Waals surface area contributed by atoms with Crippen LogP contribution in [0.25, 0.3) is 0 Å². The molecule has 0 spiro atoms. The smallest absolute Gasteiger partial charge is 0.381 e. The average molecular weight is 319 g/mol. The molecule has 0 saturated carbocycles. The summed E-state index contributed by atoms with van der Waals surface area (Å²) in [6.45, 7) is 4.16. The molecule has 0 aromatic heterocycles. The summed E-state index contributed by atoms with van der Waals surface area (Å²) in [5.74, 6) is 0. The summed E-state index contributed by atoms with van der Waals surface area (Å²) in [6.07, 6.45) is -2.52. The van der Waals surface area contributed by atoms with Gasteiger partial charge in [-0.1, -0.05) is 13.0 Å². The molecule has 1 aliphatic rings. The van der Waals surface area contributed by atoms with Crippen molar-refractivity contribution in [3.8, 4) is 0 Å². The van der Waals surface area contributed by atoms with Gasteiger partial charge in [0.15, 0.2) is 0 Å². The van der Waals surface area contributed by atoms with Crippen LogP contribution in [0.1, 0.15) is 30.9 Å². The lowest BCUT2D eigenvalue weighted by molar-refractivity contribution is -0.138. The van der Waals surface area contributed by atoms with E-state index < -0.39 is 11.7 Å². The van der Waals surface area contributed by atoms with Crippen molar-refractivity contribution in [3.05, 3.63) is 29.3 Å². The van der Waals surface area contributed by atoms with E-state index in [2.05, 4.69) is 5.32 Å². The van der Waals surface area contributed by atoms with Gasteiger partial charge >= 0.3 is 6.18 Å². The fraction of sp³-hybridized carbons (Fsp3) is 0.600. The first kappa shape index (κ1) is 16.6. The monoisotopic (exact) mass is 319 g/mol. The summed E-state index contributed by atoms with van der Waals surface area (Å²) in [5, 5.41) is 3.30. The van der Waals surface area contributed by atoms with Crippen molar-refractivity contribution in [1.82, 2.24) is 5.32 Å². The maximum Gasteiger partial charge on any atom is 0.416 e. The molecular weight excluding hydrogens is 299 g/mol. The summed E-state index contributed by atoms with van der Waals surface area (Å²) in [6, 6.07) is 4.67. The predicted molar refractivity (Wildman–Crippen MR) is 78.5 cm³/mol. The van der Waals surface area contributed by atoms with Crippen LogP contribution < -0.4 is 5.32 Å². The SMILES string of the molecule is CCNCc1ccc(SC2CCOCC2)cc1C(F)(F)F. The second kappa shape index (κ2) is 7.51. The number of hydrogen-bond acceptors (Lipinski definition) is 3. The molecule has 21 heavy (non-hydrogen) atoms. The molecule has 0 atom stereocenters. The lowest BCUT2D eigenvalue weighted by Crippen LogP contribution is -2.18. The normalized spacial score (nSPS) is 17.1. The molecule has 1 aromatic carbocycles. The van der Waals surface area contributed by atoms with Gasteiger partial charge in [0.2, 0.25) is 0 Å². The Morgan fingerprint density at radius 3 is 2.62 bits per heavy atom. The van der Waals surface area contributed by atoms with Crippen LogP contribution in [0.5, 0.6) is 0 Å². The van der Waals surface area contributed by atoms with Crippen molar-refractivity contribution in [2.45, 2.75) is 42.6 Å². The van der Waals surface area contributed by atoms with E-state index >= 15 is 0 Å². The van der Waals surface area contributed by atoms with Crippen LogP contribution in [0, 0.1) is 0 Å². The molecular formula is C15H20F3NOS. The van der Waals surface area contributed by atoms with Gasteiger partial charge in [0.1, 0.15) is 0 Å². The van der Waals surface area contributed by atoms with Crippen molar-refractivity contribution in [2.75, 3.05) is 19.8 Å². The Labute approximate surface area is 127 Å². The Bertz CT molecular complexity index is 459. The number of thioether (sulfide) groups is 1. The van der Waals surface area contributed by atoms with Gasteiger partial charge in [0.25, 0.3) is 0 Å². The fourth-order valence-corrected chi connectivity index (χ4v) is 3.44. The topological polar surface area (TPSA) is 21.3 Å². The molecule has 1 fully saturated rings. The summed E-state index contributed by atoms with van der Waals surface area (Å²) >= 11 is 1.53. The quantitative estimate of drug-likeness (QED) is 0.883. The number of benzene rings is 1. The highest BCUT2D eigenvalue weighted by Gasteiger charge is 2.33. The molecule has 2 rings (SSSR count). The van der Waals surface area contributed by atoms with Crippen molar-refractivity contribution in [2.24, 2.45) is 0 Å². The van der Waals surface area contributed by atoms with Gasteiger partial charge in [-0.25, -0.2) is 0 Å². The molecule has 6 heteroatoms. The maximum atomic E-state index is 13.2. The van der Waals surface area contributed by atoms with E-state index in [-0.39, 0.29) is 6.54 Å². The first-order valence-electron chi connectivity index (χ1n) is 7.16. The molecule has 0 unspecified atom stereocenters. The van der Waals surface area contributed by atoms with Gasteiger partial charge in [-0.15, -0.1) is 11.8 Å². The van der Waals surface area contributed by atoms with E-state index in [4.69, 9.17) is 4.74 Å². The van der Waals surface area contributed by atoms with Gasteiger partial charge < -0.3 is 10.1 Å². The molecule has 1 N–H and O–H groups in total. The average Bonchev–Trinajstić information content (AvgIpc) is 2.46. The van der Waals surface area contributed by atoms with Gasteiger partial charge in [-0.3, -0.25) is 0 Å². The lowest BCUT2D eigenvalue weighted by atomic mass is 10.1. The van der Waals surface area contributed by atoms with Crippen LogP contribution in [0.2, 0.25) is 0 Å². The van der Waals surface area contributed by atoms with Crippen molar-refractivity contribution < 1.29 is 17.9 Å². The van der Waals surface area contributed by atoms with E-state index in [0.29, 0.717) is 35.5 Å². The fourth-order valence-electron chi connectivity index (χ4n) is 2.29. The molecule has 1 aliphatic heterocycles. The van der Waals surface area contributed by atoms with E-state index in [1.807, 2.05) is 6.92 Å². The summed E-state index contributed by atoms with van der Waals surface area (Å²) in [4.78, 5) is 0.689. The van der Waals surface area contributed by atoms with Crippen LogP contribution in [-0.2, 0) is 17.5 Å². The third-order valence-electron chi connectivity index (χ3n) is 3.42. The third kappa shape index (κ3) is 4.90. The second-order valence-electron chi connectivity index (χ2n) is 5.03. The standard InChI is InChI=1S/C15H20F3NOS/c1-2-19-10-11-3-4-13(9-14(11)15(16,17)18)21-12-5-7-20-8-6-12/h3-4,9,12,19H,2,5-8,10H2,1H3. The zero-order valence-electron chi connectivity index (χ0n) is 12.0. The van der Waals surface area contributed by atoms with E-state index in [9.17, 15) is 13.2 Å². The van der Waals surface area contributed by atoms with Crippen LogP contribution in [0.3, 0.4) is 0 Å². The second-order valence-corrected chi connectivity index (χ2v) is 6.40. The Hall–Kier alpha value is -0.720. The van der Waals surface area contributed by atoms with Crippen molar-refractivity contribution in [3.63, 3.8) is 0 Å². The maximum absolute atomic E-state index is 13.2. The minimum atomic E-state index is -4.31. The van der Waals surface area contributed by atoms with Crippen molar-refractivity contribution >= 4 is 11.8 Å². The van der Waals surface area contributed by atoms with Crippen LogP contribution in [-0.4, -0.2) is 25.0 Å². The van der Waals surface area contributed by atoms with Gasteiger partial charge in [-0.2, -0.15) is 13.2 Å². The lowest BCUT2D eigenvalue weighted by Gasteiger charge is -2.22. The zero-order chi connectivity index (χ0) is 15.3. The Morgan fingerprint density at radius 2 is 2.00 bits per heavy atom. The molecule has 0 radical (unpaired) electrons. The van der Waals surface area contributed by atoms with Crippen LogP contribution in [0.4, 0.5) is 13.2 Å². The first-order valence-corrected chi connectivity index (χ1v) is 8.04. The Balaban J connectivity index is 2.15. The van der Waals surface area contributed by atoms with E-state index in [1.54, 1.807) is 12.1 Å². The van der Waals surface area contributed by atoms with Gasteiger partial charge in [0.05, 0.1) is 5.56 Å². The number of nitrogens with one attached hydrogen (secondary N) is 1. The molecule has 0 aliphatic carbocycles. The highest BCUT2D eigenvalue weighted by atomic mass is 32.2. The molecule has 1 saturated heterocycles. The third-order valence-corrected chi connectivity index (χ3v) is 4.75. The summed E-state index contributed by atoms with van der Waals surface area (Å²) < 4.78 is 44.8. The van der Waals surface area contributed by atoms with Gasteiger partial charge in [0, 0.05) is 29.9 Å². The minimum Gasteiger partial charge on any atom is -0.381 e. The van der Waals surface area contributed by atoms with E-state index in [0.717, 1.165) is 12.8 Å². The molecule has 0 amide bonds. The van der Waals surface area contributed by atoms with Crippen LogP contribution >= 0.6 is 11.8 Å². The minimum absolute atomic E-state index is 0.244. The predicted octanol–water partition coefficient (Wildman–Crippen LogP) is 4.09. The molecule has 1 heterocycles. The van der Waals surface area contributed by atoms with Crippen LogP contribution in [0.15, 0.2) is 23.1 Å². The number of alkyl halides is 3. The first-order chi connectivity index (χ1) is 10.0.